The Kier molecular flexibility index (Phi) is 14.1. The predicted molar refractivity (Wildman–Crippen MR) is 164 cm³/mol. The van der Waals surface area contributed by atoms with Crippen LogP contribution in [0.15, 0.2) is 78.9 Å². The van der Waals surface area contributed by atoms with Crippen molar-refractivity contribution in [2.24, 2.45) is 5.92 Å². The second-order valence-corrected chi connectivity index (χ2v) is 11.3. The van der Waals surface area contributed by atoms with Crippen molar-refractivity contribution in [3.8, 4) is 0 Å². The first-order chi connectivity index (χ1) is 19.4. The number of likely N-dealkylation sites (tertiary alicyclic amines) is 1. The molecule has 216 valence electrons. The summed E-state index contributed by atoms with van der Waals surface area (Å²) in [6, 6.07) is 11.0. The third-order valence-corrected chi connectivity index (χ3v) is 7.89. The maximum atomic E-state index is 12.7. The average molecular weight is 548 g/mol. The van der Waals surface area contributed by atoms with Gasteiger partial charge in [-0.1, -0.05) is 68.8 Å². The summed E-state index contributed by atoms with van der Waals surface area (Å²) in [4.78, 5) is 15.3. The van der Waals surface area contributed by atoms with Gasteiger partial charge in [0.15, 0.2) is 5.78 Å². The predicted octanol–water partition coefficient (Wildman–Crippen LogP) is 9.45. The Morgan fingerprint density at radius 2 is 1.70 bits per heavy atom. The molecule has 0 saturated carbocycles. The Morgan fingerprint density at radius 1 is 0.975 bits per heavy atom. The molecule has 0 unspecified atom stereocenters. The van der Waals surface area contributed by atoms with E-state index < -0.39 is 11.6 Å². The van der Waals surface area contributed by atoms with E-state index in [1.54, 1.807) is 0 Å². The van der Waals surface area contributed by atoms with Gasteiger partial charge in [0.05, 0.1) is 0 Å². The summed E-state index contributed by atoms with van der Waals surface area (Å²) in [5.41, 5.74) is 5.03. The van der Waals surface area contributed by atoms with Crippen LogP contribution in [0.25, 0.3) is 0 Å². The number of unbranched alkanes of at least 4 members (excludes halogenated alkanes) is 1. The molecule has 1 fully saturated rings. The second-order valence-electron chi connectivity index (χ2n) is 11.3. The molecule has 4 heteroatoms. The van der Waals surface area contributed by atoms with Gasteiger partial charge in [0.25, 0.3) is 0 Å². The van der Waals surface area contributed by atoms with E-state index in [-0.39, 0.29) is 0 Å². The van der Waals surface area contributed by atoms with Gasteiger partial charge in [-0.25, -0.2) is 8.78 Å². The Balaban J connectivity index is 0.000000472. The fourth-order valence-electron chi connectivity index (χ4n) is 5.55. The van der Waals surface area contributed by atoms with Crippen LogP contribution in [0.2, 0.25) is 0 Å². The molecule has 0 N–H and O–H groups in total. The third-order valence-electron chi connectivity index (χ3n) is 7.89. The summed E-state index contributed by atoms with van der Waals surface area (Å²) in [6.07, 6.45) is 22.6. The molecule has 2 aromatic carbocycles. The van der Waals surface area contributed by atoms with Gasteiger partial charge in [-0.05, 0) is 112 Å². The third kappa shape index (κ3) is 11.7. The van der Waals surface area contributed by atoms with Gasteiger partial charge < -0.3 is 0 Å². The van der Waals surface area contributed by atoms with Gasteiger partial charge in [0.1, 0.15) is 11.6 Å². The monoisotopic (exact) mass is 547 g/mol. The minimum Gasteiger partial charge on any atom is -0.299 e. The molecule has 2 nitrogen and oxygen atoms in total. The molecule has 0 atom stereocenters. The molecule has 40 heavy (non-hydrogen) atoms. The molecule has 1 heterocycles. The van der Waals surface area contributed by atoms with E-state index in [1.165, 1.54) is 86.3 Å². The molecule has 1 saturated heterocycles. The van der Waals surface area contributed by atoms with Crippen LogP contribution in [0.5, 0.6) is 0 Å². The smallest absolute Gasteiger partial charge is 0.162 e. The Hall–Kier alpha value is -2.85. The molecular formula is C36H47F2NO. The number of halogens is 2. The van der Waals surface area contributed by atoms with Crippen molar-refractivity contribution in [1.82, 2.24) is 4.90 Å². The average Bonchev–Trinajstić information content (AvgIpc) is 3.19. The van der Waals surface area contributed by atoms with Gasteiger partial charge in [0.2, 0.25) is 0 Å². The lowest BCUT2D eigenvalue weighted by Gasteiger charge is -2.32. The number of ketones is 1. The minimum absolute atomic E-state index is 0.338. The highest BCUT2D eigenvalue weighted by Gasteiger charge is 2.19. The van der Waals surface area contributed by atoms with Crippen molar-refractivity contribution < 1.29 is 13.6 Å². The van der Waals surface area contributed by atoms with Gasteiger partial charge in [-0.3, -0.25) is 9.69 Å². The number of benzene rings is 2. The summed E-state index contributed by atoms with van der Waals surface area (Å²) in [5, 5.41) is 0. The lowest BCUT2D eigenvalue weighted by Crippen LogP contribution is -2.34. The maximum absolute atomic E-state index is 12.7. The summed E-state index contributed by atoms with van der Waals surface area (Å²) in [5.74, 6) is 0.0347. The lowest BCUT2D eigenvalue weighted by molar-refractivity contribution is 0.0974. The minimum atomic E-state index is -0.537. The van der Waals surface area contributed by atoms with Crippen LogP contribution in [0.4, 0.5) is 8.78 Å². The highest BCUT2D eigenvalue weighted by atomic mass is 19.1. The first-order valence-corrected chi connectivity index (χ1v) is 15.2. The van der Waals surface area contributed by atoms with Crippen LogP contribution in [-0.2, 0) is 12.8 Å². The molecule has 0 radical (unpaired) electrons. The van der Waals surface area contributed by atoms with Gasteiger partial charge in [-0.15, -0.1) is 0 Å². The standard InChI is InChI=1S/C30H43NO.C6H4F2/c1-3-4-5-6-8-12-25(2)24-31-21-19-26(20-22-31)13-11-16-30(32)29-18-17-27-14-9-7-10-15-28(27)23-29;7-5-2-1-3-6(8)4-5/h5-6,8,12,17-18,23,26H,2-4,7,9-11,13-16,19-22,24H2,1H3;1-4H/b6-5-,12-8-;. The van der Waals surface area contributed by atoms with Crippen LogP contribution in [-0.4, -0.2) is 30.3 Å². The zero-order chi connectivity index (χ0) is 28.6. The Labute approximate surface area is 240 Å². The molecule has 4 rings (SSSR count). The highest BCUT2D eigenvalue weighted by Crippen LogP contribution is 2.25. The zero-order valence-electron chi connectivity index (χ0n) is 24.4. The van der Waals surface area contributed by atoms with E-state index in [9.17, 15) is 13.6 Å². The van der Waals surface area contributed by atoms with Crippen molar-refractivity contribution in [3.63, 3.8) is 0 Å². The number of piperidine rings is 1. The van der Waals surface area contributed by atoms with E-state index in [0.29, 0.717) is 12.2 Å². The fraction of sp³-hybridized carbons (Fsp3) is 0.472. The number of carbonyl (C=O) groups excluding carboxylic acids is 1. The first-order valence-electron chi connectivity index (χ1n) is 15.2. The van der Waals surface area contributed by atoms with E-state index in [0.717, 1.165) is 56.4 Å². The second kappa shape index (κ2) is 17.8. The molecule has 0 amide bonds. The molecule has 0 spiro atoms. The van der Waals surface area contributed by atoms with Crippen molar-refractivity contribution in [2.45, 2.75) is 84.0 Å². The summed E-state index contributed by atoms with van der Waals surface area (Å²) >= 11 is 0. The van der Waals surface area contributed by atoms with Crippen LogP contribution in [0.1, 0.15) is 92.6 Å². The molecule has 2 aromatic rings. The first kappa shape index (κ1) is 31.7. The summed E-state index contributed by atoms with van der Waals surface area (Å²) in [6.45, 7) is 9.70. The highest BCUT2D eigenvalue weighted by molar-refractivity contribution is 5.96. The molecule has 1 aliphatic heterocycles. The normalized spacial score (nSPS) is 16.4. The van der Waals surface area contributed by atoms with Gasteiger partial charge in [0, 0.05) is 24.6 Å². The van der Waals surface area contributed by atoms with Crippen molar-refractivity contribution >= 4 is 5.78 Å². The van der Waals surface area contributed by atoms with Crippen LogP contribution in [0, 0.1) is 17.6 Å². The lowest BCUT2D eigenvalue weighted by atomic mass is 9.90. The molecule has 0 bridgehead atoms. The van der Waals surface area contributed by atoms with Crippen molar-refractivity contribution in [2.75, 3.05) is 19.6 Å². The number of aryl methyl sites for hydroxylation is 2. The van der Waals surface area contributed by atoms with Crippen molar-refractivity contribution in [3.05, 3.63) is 107 Å². The number of carbonyl (C=O) groups is 1. The fourth-order valence-corrected chi connectivity index (χ4v) is 5.55. The number of Topliss-reactive ketones (excluding diaryl/α,β-unsaturated/α-hetero) is 1. The van der Waals surface area contributed by atoms with E-state index in [2.05, 4.69) is 60.9 Å². The quantitative estimate of drug-likeness (QED) is 0.159. The van der Waals surface area contributed by atoms with Gasteiger partial charge in [-0.2, -0.15) is 0 Å². The van der Waals surface area contributed by atoms with E-state index >= 15 is 0 Å². The topological polar surface area (TPSA) is 20.3 Å². The molecule has 2 aliphatic rings. The zero-order valence-corrected chi connectivity index (χ0v) is 24.4. The van der Waals surface area contributed by atoms with E-state index in [1.807, 2.05) is 0 Å². The van der Waals surface area contributed by atoms with Crippen LogP contribution in [0.3, 0.4) is 0 Å². The SMILES string of the molecule is C=C(/C=C\C=C/CCC)CN1CCC(CCCC(=O)c2ccc3c(c2)CCCCC3)CC1.Fc1cccc(F)c1. The van der Waals surface area contributed by atoms with Crippen molar-refractivity contribution in [1.29, 1.82) is 0 Å². The summed E-state index contributed by atoms with van der Waals surface area (Å²) in [7, 11) is 0. The number of rotatable bonds is 11. The number of fused-ring (bicyclic) bond motifs is 1. The number of allylic oxidation sites excluding steroid dienone is 3. The summed E-state index contributed by atoms with van der Waals surface area (Å²) < 4.78 is 23.9. The van der Waals surface area contributed by atoms with Crippen LogP contribution >= 0.6 is 0 Å². The largest absolute Gasteiger partial charge is 0.299 e. The Bertz CT molecular complexity index is 1110. The maximum Gasteiger partial charge on any atom is 0.162 e. The molecule has 0 aromatic heterocycles. The number of nitrogens with zero attached hydrogens (tertiary/aromatic N) is 1. The Morgan fingerprint density at radius 3 is 2.38 bits per heavy atom. The number of hydrogen-bond acceptors (Lipinski definition) is 2. The molecular weight excluding hydrogens is 500 g/mol. The van der Waals surface area contributed by atoms with E-state index in [4.69, 9.17) is 0 Å². The molecule has 1 aliphatic carbocycles. The van der Waals surface area contributed by atoms with Gasteiger partial charge >= 0.3 is 0 Å². The number of hydrogen-bond donors (Lipinski definition) is 0. The van der Waals surface area contributed by atoms with Crippen LogP contribution < -0.4 is 0 Å².